The first kappa shape index (κ1) is 13.3. The number of hydrogen-bond acceptors (Lipinski definition) is 4. The molecule has 6 heteroatoms. The molecule has 0 aromatic carbocycles. The number of nitrogens with zero attached hydrogens (tertiary/aromatic N) is 1. The monoisotopic (exact) mass is 256 g/mol. The van der Waals surface area contributed by atoms with Gasteiger partial charge in [0.25, 0.3) is 0 Å². The number of likely N-dealkylation sites (tertiary alicyclic amines) is 1. The van der Waals surface area contributed by atoms with Gasteiger partial charge in [0.05, 0.1) is 12.1 Å². The molecule has 1 amide bonds. The van der Waals surface area contributed by atoms with Gasteiger partial charge in [-0.1, -0.05) is 0 Å². The van der Waals surface area contributed by atoms with Crippen LogP contribution in [0.2, 0.25) is 0 Å². The summed E-state index contributed by atoms with van der Waals surface area (Å²) in [5.41, 5.74) is -0.552. The van der Waals surface area contributed by atoms with E-state index < -0.39 is 11.6 Å². The molecule has 1 saturated carbocycles. The zero-order valence-corrected chi connectivity index (χ0v) is 10.4. The Labute approximate surface area is 106 Å². The average molecular weight is 256 g/mol. The van der Waals surface area contributed by atoms with Gasteiger partial charge >= 0.3 is 5.97 Å². The highest BCUT2D eigenvalue weighted by Crippen LogP contribution is 2.44. The van der Waals surface area contributed by atoms with E-state index in [0.717, 1.165) is 12.8 Å². The van der Waals surface area contributed by atoms with E-state index in [-0.39, 0.29) is 12.3 Å². The molecule has 102 valence electrons. The van der Waals surface area contributed by atoms with Gasteiger partial charge in [0.2, 0.25) is 5.91 Å². The quantitative estimate of drug-likeness (QED) is 0.530. The van der Waals surface area contributed by atoms with Crippen molar-refractivity contribution in [3.63, 3.8) is 0 Å². The van der Waals surface area contributed by atoms with Crippen LogP contribution in [0.5, 0.6) is 0 Å². The first-order chi connectivity index (χ1) is 8.49. The molecule has 0 unspecified atom stereocenters. The molecule has 2 rings (SSSR count). The standard InChI is InChI=1S/C12H20N2O4/c15-10(13-5-1-2-11(16)17)6-14-7-12(18,8-14)9-3-4-9/h9,18H,1-8H2,(H,13,15)(H,16,17). The normalized spacial score (nSPS) is 22.3. The van der Waals surface area contributed by atoms with Crippen molar-refractivity contribution < 1.29 is 19.8 Å². The van der Waals surface area contributed by atoms with Crippen molar-refractivity contribution in [2.75, 3.05) is 26.2 Å². The molecule has 1 aliphatic carbocycles. The summed E-state index contributed by atoms with van der Waals surface area (Å²) in [4.78, 5) is 23.7. The van der Waals surface area contributed by atoms with E-state index in [2.05, 4.69) is 5.32 Å². The fraction of sp³-hybridized carbons (Fsp3) is 0.833. The van der Waals surface area contributed by atoms with Gasteiger partial charge < -0.3 is 15.5 Å². The van der Waals surface area contributed by atoms with Crippen LogP contribution in [0.25, 0.3) is 0 Å². The number of carbonyl (C=O) groups excluding carboxylic acids is 1. The van der Waals surface area contributed by atoms with E-state index in [1.807, 2.05) is 4.90 Å². The second kappa shape index (κ2) is 5.24. The Morgan fingerprint density at radius 1 is 1.33 bits per heavy atom. The molecular weight excluding hydrogens is 236 g/mol. The van der Waals surface area contributed by atoms with E-state index in [4.69, 9.17) is 5.11 Å². The molecule has 1 aliphatic heterocycles. The Kier molecular flexibility index (Phi) is 3.87. The molecular formula is C12H20N2O4. The molecule has 6 nitrogen and oxygen atoms in total. The van der Waals surface area contributed by atoms with E-state index in [0.29, 0.717) is 38.5 Å². The molecule has 0 bridgehead atoms. The predicted octanol–water partition coefficient (Wildman–Crippen LogP) is -0.576. The second-order valence-corrected chi connectivity index (χ2v) is 5.37. The van der Waals surface area contributed by atoms with Crippen LogP contribution in [-0.4, -0.2) is 58.8 Å². The number of carboxylic acid groups (broad SMARTS) is 1. The van der Waals surface area contributed by atoms with Gasteiger partial charge in [0, 0.05) is 26.1 Å². The number of amides is 1. The van der Waals surface area contributed by atoms with Gasteiger partial charge in [0.15, 0.2) is 0 Å². The lowest BCUT2D eigenvalue weighted by Gasteiger charge is -2.46. The number of nitrogens with one attached hydrogen (secondary N) is 1. The van der Waals surface area contributed by atoms with Gasteiger partial charge in [0.1, 0.15) is 0 Å². The molecule has 0 radical (unpaired) electrons. The lowest BCUT2D eigenvalue weighted by Crippen LogP contribution is -2.64. The Morgan fingerprint density at radius 2 is 2.00 bits per heavy atom. The maximum Gasteiger partial charge on any atom is 0.303 e. The third-order valence-electron chi connectivity index (χ3n) is 3.59. The van der Waals surface area contributed by atoms with Crippen LogP contribution >= 0.6 is 0 Å². The predicted molar refractivity (Wildman–Crippen MR) is 64.0 cm³/mol. The van der Waals surface area contributed by atoms with E-state index in [1.165, 1.54) is 0 Å². The Morgan fingerprint density at radius 3 is 2.56 bits per heavy atom. The Balaban J connectivity index is 1.54. The maximum atomic E-state index is 11.5. The number of aliphatic hydroxyl groups is 1. The molecule has 0 spiro atoms. The summed E-state index contributed by atoms with van der Waals surface area (Å²) in [5, 5.41) is 21.2. The van der Waals surface area contributed by atoms with E-state index in [1.54, 1.807) is 0 Å². The topological polar surface area (TPSA) is 89.9 Å². The molecule has 18 heavy (non-hydrogen) atoms. The average Bonchev–Trinajstić information content (AvgIpc) is 3.05. The highest BCUT2D eigenvalue weighted by atomic mass is 16.4. The van der Waals surface area contributed by atoms with Crippen molar-refractivity contribution >= 4 is 11.9 Å². The van der Waals surface area contributed by atoms with Gasteiger partial charge in [-0.05, 0) is 25.2 Å². The number of carboxylic acids is 1. The number of hydrogen-bond donors (Lipinski definition) is 3. The van der Waals surface area contributed by atoms with Crippen LogP contribution in [-0.2, 0) is 9.59 Å². The molecule has 1 saturated heterocycles. The van der Waals surface area contributed by atoms with Crippen LogP contribution < -0.4 is 5.32 Å². The van der Waals surface area contributed by atoms with Crippen LogP contribution in [0.4, 0.5) is 0 Å². The number of carbonyl (C=O) groups is 2. The fourth-order valence-electron chi connectivity index (χ4n) is 2.45. The molecule has 0 aromatic heterocycles. The fourth-order valence-corrected chi connectivity index (χ4v) is 2.45. The Hall–Kier alpha value is -1.14. The molecule has 2 aliphatic rings. The summed E-state index contributed by atoms with van der Waals surface area (Å²) in [5.74, 6) is -0.507. The maximum absolute atomic E-state index is 11.5. The summed E-state index contributed by atoms with van der Waals surface area (Å²) >= 11 is 0. The zero-order chi connectivity index (χ0) is 13.2. The summed E-state index contributed by atoms with van der Waals surface area (Å²) < 4.78 is 0. The van der Waals surface area contributed by atoms with Gasteiger partial charge in [-0.25, -0.2) is 0 Å². The smallest absolute Gasteiger partial charge is 0.303 e. The molecule has 3 N–H and O–H groups in total. The minimum Gasteiger partial charge on any atom is -0.481 e. The number of β-amino-alcohol motifs (C(OH)–C–C–N with tert-alkyl or cyclic N) is 1. The van der Waals surface area contributed by atoms with Crippen LogP contribution in [0.15, 0.2) is 0 Å². The molecule has 1 heterocycles. The molecule has 0 atom stereocenters. The molecule has 2 fully saturated rings. The van der Waals surface area contributed by atoms with Crippen molar-refractivity contribution in [2.45, 2.75) is 31.3 Å². The van der Waals surface area contributed by atoms with Crippen LogP contribution in [0.1, 0.15) is 25.7 Å². The first-order valence-corrected chi connectivity index (χ1v) is 6.43. The summed E-state index contributed by atoms with van der Waals surface area (Å²) in [6.07, 6.45) is 2.73. The highest BCUT2D eigenvalue weighted by molar-refractivity contribution is 5.78. The lowest BCUT2D eigenvalue weighted by atomic mass is 9.89. The van der Waals surface area contributed by atoms with Crippen LogP contribution in [0, 0.1) is 5.92 Å². The van der Waals surface area contributed by atoms with Gasteiger partial charge in [-0.3, -0.25) is 14.5 Å². The van der Waals surface area contributed by atoms with Crippen molar-refractivity contribution in [2.24, 2.45) is 5.92 Å². The Bertz CT molecular complexity index is 335. The second-order valence-electron chi connectivity index (χ2n) is 5.37. The van der Waals surface area contributed by atoms with Gasteiger partial charge in [-0.2, -0.15) is 0 Å². The van der Waals surface area contributed by atoms with Crippen molar-refractivity contribution in [1.29, 1.82) is 0 Å². The zero-order valence-electron chi connectivity index (χ0n) is 10.4. The molecule has 0 aromatic rings. The largest absolute Gasteiger partial charge is 0.481 e. The van der Waals surface area contributed by atoms with Crippen molar-refractivity contribution in [3.05, 3.63) is 0 Å². The summed E-state index contributed by atoms with van der Waals surface area (Å²) in [6, 6.07) is 0. The van der Waals surface area contributed by atoms with Crippen molar-refractivity contribution in [1.82, 2.24) is 10.2 Å². The van der Waals surface area contributed by atoms with E-state index >= 15 is 0 Å². The minimum atomic E-state index is -0.846. The van der Waals surface area contributed by atoms with E-state index in [9.17, 15) is 14.7 Å². The minimum absolute atomic E-state index is 0.0748. The lowest BCUT2D eigenvalue weighted by molar-refractivity contribution is -0.138. The number of rotatable bonds is 7. The number of aliphatic carboxylic acids is 1. The first-order valence-electron chi connectivity index (χ1n) is 6.43. The highest BCUT2D eigenvalue weighted by Gasteiger charge is 2.51. The van der Waals surface area contributed by atoms with Crippen LogP contribution in [0.3, 0.4) is 0 Å². The summed E-state index contributed by atoms with van der Waals surface area (Å²) in [6.45, 7) is 1.86. The summed E-state index contributed by atoms with van der Waals surface area (Å²) in [7, 11) is 0. The third-order valence-corrected chi connectivity index (χ3v) is 3.59. The van der Waals surface area contributed by atoms with Gasteiger partial charge in [-0.15, -0.1) is 0 Å². The third kappa shape index (κ3) is 3.43. The van der Waals surface area contributed by atoms with Crippen molar-refractivity contribution in [3.8, 4) is 0 Å². The SMILES string of the molecule is O=C(O)CCCNC(=O)CN1CC(O)(C2CC2)C1.